The van der Waals surface area contributed by atoms with Gasteiger partial charge in [-0.25, -0.2) is 0 Å². The largest absolute Gasteiger partial charge is 0.323 e. The number of piperidine rings is 1. The second kappa shape index (κ2) is 5.26. The first kappa shape index (κ1) is 13.1. The lowest BCUT2D eigenvalue weighted by Gasteiger charge is -2.44. The smallest absolute Gasteiger partial charge is 0.0456 e. The SMILES string of the molecule is CC1CCN(C2CC(C)c3ccccc3C2N)CC1. The molecule has 0 saturated carbocycles. The maximum absolute atomic E-state index is 6.58. The van der Waals surface area contributed by atoms with Gasteiger partial charge in [-0.3, -0.25) is 4.90 Å². The highest BCUT2D eigenvalue weighted by Gasteiger charge is 2.35. The highest BCUT2D eigenvalue weighted by molar-refractivity contribution is 5.36. The predicted molar refractivity (Wildman–Crippen MR) is 80.2 cm³/mol. The van der Waals surface area contributed by atoms with Crippen molar-refractivity contribution < 1.29 is 0 Å². The van der Waals surface area contributed by atoms with Crippen LogP contribution in [0.2, 0.25) is 0 Å². The quantitative estimate of drug-likeness (QED) is 0.837. The van der Waals surface area contributed by atoms with Gasteiger partial charge in [0.05, 0.1) is 0 Å². The second-order valence-corrected chi connectivity index (χ2v) is 6.58. The van der Waals surface area contributed by atoms with Crippen LogP contribution in [0.15, 0.2) is 24.3 Å². The molecule has 0 spiro atoms. The Hall–Kier alpha value is -0.860. The molecule has 1 aromatic rings. The summed E-state index contributed by atoms with van der Waals surface area (Å²) >= 11 is 0. The summed E-state index contributed by atoms with van der Waals surface area (Å²) in [5, 5.41) is 0. The number of nitrogens with two attached hydrogens (primary N) is 1. The molecule has 2 N–H and O–H groups in total. The van der Waals surface area contributed by atoms with Crippen molar-refractivity contribution in [3.05, 3.63) is 35.4 Å². The molecule has 19 heavy (non-hydrogen) atoms. The van der Waals surface area contributed by atoms with Crippen molar-refractivity contribution in [3.8, 4) is 0 Å². The number of benzene rings is 1. The zero-order valence-electron chi connectivity index (χ0n) is 12.2. The first-order valence-corrected chi connectivity index (χ1v) is 7.75. The Bertz CT molecular complexity index is 435. The molecule has 3 unspecified atom stereocenters. The van der Waals surface area contributed by atoms with Crippen LogP contribution < -0.4 is 5.73 Å². The minimum absolute atomic E-state index is 0.195. The normalized spacial score (nSPS) is 33.1. The van der Waals surface area contributed by atoms with E-state index in [0.717, 1.165) is 5.92 Å². The van der Waals surface area contributed by atoms with E-state index in [2.05, 4.69) is 43.0 Å². The third-order valence-electron chi connectivity index (χ3n) is 5.18. The summed E-state index contributed by atoms with van der Waals surface area (Å²) in [4.78, 5) is 2.65. The molecule has 0 radical (unpaired) electrons. The number of likely N-dealkylation sites (tertiary alicyclic amines) is 1. The fourth-order valence-electron chi connectivity index (χ4n) is 3.84. The Morgan fingerprint density at radius 3 is 2.37 bits per heavy atom. The molecule has 1 aromatic carbocycles. The Morgan fingerprint density at radius 2 is 1.68 bits per heavy atom. The first-order chi connectivity index (χ1) is 9.16. The van der Waals surface area contributed by atoms with E-state index in [1.165, 1.54) is 43.5 Å². The lowest BCUT2D eigenvalue weighted by molar-refractivity contribution is 0.104. The minimum atomic E-state index is 0.195. The van der Waals surface area contributed by atoms with Gasteiger partial charge in [0.1, 0.15) is 0 Å². The molecule has 3 rings (SSSR count). The average Bonchev–Trinajstić information content (AvgIpc) is 2.44. The molecule has 1 aliphatic carbocycles. The highest BCUT2D eigenvalue weighted by atomic mass is 15.2. The van der Waals surface area contributed by atoms with Crippen LogP contribution >= 0.6 is 0 Å². The van der Waals surface area contributed by atoms with Gasteiger partial charge in [-0.1, -0.05) is 38.1 Å². The van der Waals surface area contributed by atoms with E-state index >= 15 is 0 Å². The molecular weight excluding hydrogens is 232 g/mol. The van der Waals surface area contributed by atoms with Crippen LogP contribution in [-0.4, -0.2) is 24.0 Å². The van der Waals surface area contributed by atoms with Gasteiger partial charge in [-0.15, -0.1) is 0 Å². The van der Waals surface area contributed by atoms with Crippen LogP contribution in [0.5, 0.6) is 0 Å². The third-order valence-corrected chi connectivity index (χ3v) is 5.18. The molecule has 1 heterocycles. The summed E-state index contributed by atoms with van der Waals surface area (Å²) in [6.45, 7) is 7.18. The molecule has 2 heteroatoms. The molecule has 1 aliphatic heterocycles. The minimum Gasteiger partial charge on any atom is -0.323 e. The molecule has 0 amide bonds. The van der Waals surface area contributed by atoms with Gasteiger partial charge in [0.25, 0.3) is 0 Å². The molecule has 2 aliphatic rings. The van der Waals surface area contributed by atoms with Gasteiger partial charge in [0, 0.05) is 12.1 Å². The highest BCUT2D eigenvalue weighted by Crippen LogP contribution is 2.39. The van der Waals surface area contributed by atoms with Crippen LogP contribution in [0.1, 0.15) is 56.2 Å². The number of nitrogens with zero attached hydrogens (tertiary/aromatic N) is 1. The van der Waals surface area contributed by atoms with Gasteiger partial charge in [-0.2, -0.15) is 0 Å². The zero-order valence-corrected chi connectivity index (χ0v) is 12.2. The molecule has 1 fully saturated rings. The zero-order chi connectivity index (χ0) is 13.4. The summed E-state index contributed by atoms with van der Waals surface area (Å²) in [7, 11) is 0. The number of hydrogen-bond acceptors (Lipinski definition) is 2. The van der Waals surface area contributed by atoms with Gasteiger partial charge in [0.2, 0.25) is 0 Å². The number of rotatable bonds is 1. The predicted octanol–water partition coefficient (Wildman–Crippen LogP) is 3.29. The monoisotopic (exact) mass is 258 g/mol. The summed E-state index contributed by atoms with van der Waals surface area (Å²) < 4.78 is 0. The maximum atomic E-state index is 6.58. The van der Waals surface area contributed by atoms with Crippen LogP contribution in [0.4, 0.5) is 0 Å². The Labute approximate surface area is 117 Å². The Morgan fingerprint density at radius 1 is 1.05 bits per heavy atom. The lowest BCUT2D eigenvalue weighted by Crippen LogP contribution is -2.49. The summed E-state index contributed by atoms with van der Waals surface area (Å²) in [5.74, 6) is 1.53. The fraction of sp³-hybridized carbons (Fsp3) is 0.647. The summed E-state index contributed by atoms with van der Waals surface area (Å²) in [6, 6.07) is 9.50. The van der Waals surface area contributed by atoms with Crippen LogP contribution in [0.3, 0.4) is 0 Å². The van der Waals surface area contributed by atoms with Crippen molar-refractivity contribution in [1.29, 1.82) is 0 Å². The van der Waals surface area contributed by atoms with Crippen molar-refractivity contribution in [2.24, 2.45) is 11.7 Å². The van der Waals surface area contributed by atoms with Crippen molar-refractivity contribution in [2.75, 3.05) is 13.1 Å². The molecule has 104 valence electrons. The molecule has 0 bridgehead atoms. The second-order valence-electron chi connectivity index (χ2n) is 6.58. The molecule has 2 nitrogen and oxygen atoms in total. The van der Waals surface area contributed by atoms with Crippen LogP contribution in [0, 0.1) is 5.92 Å². The van der Waals surface area contributed by atoms with Gasteiger partial charge >= 0.3 is 0 Å². The van der Waals surface area contributed by atoms with Crippen molar-refractivity contribution >= 4 is 0 Å². The Balaban J connectivity index is 1.82. The first-order valence-electron chi connectivity index (χ1n) is 7.75. The third kappa shape index (κ3) is 2.44. The molecule has 1 saturated heterocycles. The number of hydrogen-bond donors (Lipinski definition) is 1. The summed E-state index contributed by atoms with van der Waals surface area (Å²) in [6.07, 6.45) is 3.88. The lowest BCUT2D eigenvalue weighted by atomic mass is 9.77. The van der Waals surface area contributed by atoms with Gasteiger partial charge < -0.3 is 5.73 Å². The van der Waals surface area contributed by atoms with E-state index in [1.807, 2.05) is 0 Å². The van der Waals surface area contributed by atoms with E-state index in [0.29, 0.717) is 12.0 Å². The molecular formula is C17H26N2. The van der Waals surface area contributed by atoms with E-state index in [-0.39, 0.29) is 6.04 Å². The molecule has 3 atom stereocenters. The summed E-state index contributed by atoms with van der Waals surface area (Å²) in [5.41, 5.74) is 9.43. The van der Waals surface area contributed by atoms with Crippen LogP contribution in [0.25, 0.3) is 0 Å². The average molecular weight is 258 g/mol. The standard InChI is InChI=1S/C17H26N2/c1-12-7-9-19(10-8-12)16-11-13(2)14-5-3-4-6-15(14)17(16)18/h3-6,12-13,16-17H,7-11,18H2,1-2H3. The van der Waals surface area contributed by atoms with Crippen molar-refractivity contribution in [2.45, 2.75) is 51.1 Å². The van der Waals surface area contributed by atoms with E-state index in [4.69, 9.17) is 5.73 Å². The maximum Gasteiger partial charge on any atom is 0.0456 e. The van der Waals surface area contributed by atoms with Crippen LogP contribution in [-0.2, 0) is 0 Å². The van der Waals surface area contributed by atoms with E-state index < -0.39 is 0 Å². The Kier molecular flexibility index (Phi) is 3.64. The fourth-order valence-corrected chi connectivity index (χ4v) is 3.84. The van der Waals surface area contributed by atoms with E-state index in [1.54, 1.807) is 0 Å². The molecule has 0 aromatic heterocycles. The van der Waals surface area contributed by atoms with Gasteiger partial charge in [-0.05, 0) is 55.3 Å². The number of fused-ring (bicyclic) bond motifs is 1. The van der Waals surface area contributed by atoms with Crippen molar-refractivity contribution in [3.63, 3.8) is 0 Å². The van der Waals surface area contributed by atoms with Gasteiger partial charge in [0.15, 0.2) is 0 Å². The topological polar surface area (TPSA) is 29.3 Å². The van der Waals surface area contributed by atoms with E-state index in [9.17, 15) is 0 Å². The van der Waals surface area contributed by atoms with Crippen molar-refractivity contribution in [1.82, 2.24) is 4.90 Å².